The third-order valence-electron chi connectivity index (χ3n) is 4.04. The topological polar surface area (TPSA) is 74.4 Å². The Labute approximate surface area is 162 Å². The molecule has 0 amide bonds. The number of Topliss-reactive ketones (excluding diaryl/α,β-unsaturated/α-hetero) is 1. The van der Waals surface area contributed by atoms with Crippen LogP contribution in [0.4, 0.5) is 0 Å². The van der Waals surface area contributed by atoms with E-state index in [4.69, 9.17) is 0 Å². The SMILES string of the molecule is C1=Cc2cc3ccc(cc4nc(cc5ccc(cc1n2)[nH]5)C=C4)[nH]3.CC(C)=O. The van der Waals surface area contributed by atoms with Crippen molar-refractivity contribution in [3.8, 4) is 0 Å². The normalized spacial score (nSPS) is 11.8. The number of ketones is 1. The van der Waals surface area contributed by atoms with Crippen molar-refractivity contribution in [2.24, 2.45) is 0 Å². The van der Waals surface area contributed by atoms with Crippen LogP contribution >= 0.6 is 0 Å². The van der Waals surface area contributed by atoms with Crippen LogP contribution in [0.5, 0.6) is 0 Å². The number of carbonyl (C=O) groups is 1. The van der Waals surface area contributed by atoms with Crippen molar-refractivity contribution in [3.63, 3.8) is 0 Å². The van der Waals surface area contributed by atoms with Gasteiger partial charge in [0.05, 0.1) is 22.8 Å². The third kappa shape index (κ3) is 4.32. The summed E-state index contributed by atoms with van der Waals surface area (Å²) in [5.41, 5.74) is 7.86. The lowest BCUT2D eigenvalue weighted by molar-refractivity contribution is -0.114. The first kappa shape index (κ1) is 17.7. The number of aromatic amines is 2. The van der Waals surface area contributed by atoms with Crippen LogP contribution in [0.2, 0.25) is 0 Å². The number of nitrogens with zero attached hydrogens (tertiary/aromatic N) is 2. The van der Waals surface area contributed by atoms with Gasteiger partial charge < -0.3 is 14.8 Å². The van der Waals surface area contributed by atoms with E-state index in [-0.39, 0.29) is 5.78 Å². The minimum absolute atomic E-state index is 0.167. The second kappa shape index (κ2) is 7.48. The monoisotopic (exact) mass is 368 g/mol. The van der Waals surface area contributed by atoms with Gasteiger partial charge in [-0.1, -0.05) is 0 Å². The molecule has 5 rings (SSSR count). The van der Waals surface area contributed by atoms with Crippen LogP contribution in [0.25, 0.3) is 46.4 Å². The minimum Gasteiger partial charge on any atom is -0.355 e. The Balaban J connectivity index is 0.000000442. The summed E-state index contributed by atoms with van der Waals surface area (Å²) in [6.07, 6.45) is 8.09. The van der Waals surface area contributed by atoms with Gasteiger partial charge in [0.25, 0.3) is 0 Å². The van der Waals surface area contributed by atoms with E-state index in [9.17, 15) is 4.79 Å². The van der Waals surface area contributed by atoms with Crippen LogP contribution in [-0.2, 0) is 4.79 Å². The summed E-state index contributed by atoms with van der Waals surface area (Å²) in [6.45, 7) is 3.06. The first-order chi connectivity index (χ1) is 13.5. The second-order valence-corrected chi connectivity index (χ2v) is 6.81. The van der Waals surface area contributed by atoms with Gasteiger partial charge in [-0.3, -0.25) is 0 Å². The lowest BCUT2D eigenvalue weighted by atomic mass is 10.3. The summed E-state index contributed by atoms with van der Waals surface area (Å²) >= 11 is 0. The van der Waals surface area contributed by atoms with Gasteiger partial charge in [0.2, 0.25) is 0 Å². The summed E-state index contributed by atoms with van der Waals surface area (Å²) in [4.78, 5) is 25.5. The van der Waals surface area contributed by atoms with E-state index < -0.39 is 0 Å². The molecule has 28 heavy (non-hydrogen) atoms. The average molecular weight is 368 g/mol. The Kier molecular flexibility index (Phi) is 4.72. The lowest BCUT2D eigenvalue weighted by Gasteiger charge is -1.85. The molecule has 5 heteroatoms. The highest BCUT2D eigenvalue weighted by atomic mass is 16.1. The molecular formula is C23H20N4O. The van der Waals surface area contributed by atoms with Gasteiger partial charge in [-0.25, -0.2) is 9.97 Å². The van der Waals surface area contributed by atoms with E-state index in [0.29, 0.717) is 0 Å². The predicted octanol–water partition coefficient (Wildman–Crippen LogP) is 5.25. The number of aromatic nitrogens is 4. The fourth-order valence-electron chi connectivity index (χ4n) is 2.94. The predicted molar refractivity (Wildman–Crippen MR) is 115 cm³/mol. The number of hydrogen-bond donors (Lipinski definition) is 2. The van der Waals surface area contributed by atoms with E-state index in [0.717, 1.165) is 44.8 Å². The molecule has 138 valence electrons. The molecule has 0 aromatic carbocycles. The van der Waals surface area contributed by atoms with Gasteiger partial charge in [-0.15, -0.1) is 0 Å². The lowest BCUT2D eigenvalue weighted by Crippen LogP contribution is -1.75. The van der Waals surface area contributed by atoms with E-state index in [2.05, 4.69) is 44.2 Å². The zero-order valence-electron chi connectivity index (χ0n) is 15.7. The molecule has 3 aromatic heterocycles. The van der Waals surface area contributed by atoms with Gasteiger partial charge in [-0.2, -0.15) is 0 Å². The maximum atomic E-state index is 9.44. The number of hydrogen-bond acceptors (Lipinski definition) is 3. The zero-order valence-corrected chi connectivity index (χ0v) is 15.7. The number of fused-ring (bicyclic) bond motifs is 8. The van der Waals surface area contributed by atoms with Crippen molar-refractivity contribution >= 4 is 52.2 Å². The van der Waals surface area contributed by atoms with Crippen LogP contribution in [0.3, 0.4) is 0 Å². The molecule has 0 unspecified atom stereocenters. The van der Waals surface area contributed by atoms with Crippen molar-refractivity contribution < 1.29 is 4.79 Å². The first-order valence-corrected chi connectivity index (χ1v) is 9.05. The van der Waals surface area contributed by atoms with E-state index >= 15 is 0 Å². The van der Waals surface area contributed by atoms with Crippen molar-refractivity contribution in [2.45, 2.75) is 13.8 Å². The highest BCUT2D eigenvalue weighted by Gasteiger charge is 2.01. The highest BCUT2D eigenvalue weighted by molar-refractivity contribution is 5.77. The van der Waals surface area contributed by atoms with Crippen molar-refractivity contribution in [3.05, 3.63) is 71.3 Å². The Morgan fingerprint density at radius 2 is 0.857 bits per heavy atom. The average Bonchev–Trinajstić information content (AvgIpc) is 3.39. The molecule has 2 aliphatic heterocycles. The number of carbonyl (C=O) groups excluding carboxylic acids is 1. The maximum absolute atomic E-state index is 9.44. The van der Waals surface area contributed by atoms with Gasteiger partial charge in [0, 0.05) is 22.1 Å². The number of rotatable bonds is 0. The Hall–Kier alpha value is -3.73. The molecule has 8 bridgehead atoms. The van der Waals surface area contributed by atoms with Crippen LogP contribution in [0, 0.1) is 0 Å². The van der Waals surface area contributed by atoms with Gasteiger partial charge in [-0.05, 0) is 86.7 Å². The van der Waals surface area contributed by atoms with Gasteiger partial charge in [0.15, 0.2) is 0 Å². The van der Waals surface area contributed by atoms with Crippen LogP contribution in [0.1, 0.15) is 36.6 Å². The maximum Gasteiger partial charge on any atom is 0.126 e. The molecule has 2 N–H and O–H groups in total. The molecule has 0 radical (unpaired) electrons. The number of nitrogens with one attached hydrogen (secondary N) is 2. The third-order valence-corrected chi connectivity index (χ3v) is 4.04. The summed E-state index contributed by atoms with van der Waals surface area (Å²) in [5, 5.41) is 0. The standard InChI is InChI=1S/C20H14N4.C3H6O/c1-2-14-10-16-5-6-18(23-16)12-20-8-7-19(24-20)11-17-4-3-15(22-17)9-13(1)21-14;1-3(2)4/h1-12,21,24H;1-2H3. The Morgan fingerprint density at radius 1 is 0.607 bits per heavy atom. The summed E-state index contributed by atoms with van der Waals surface area (Å²) in [7, 11) is 0. The fraction of sp³-hybridized carbons (Fsp3) is 0.0870. The second-order valence-electron chi connectivity index (χ2n) is 6.81. The van der Waals surface area contributed by atoms with Crippen molar-refractivity contribution in [1.82, 2.24) is 19.9 Å². The molecule has 0 fully saturated rings. The highest BCUT2D eigenvalue weighted by Crippen LogP contribution is 2.16. The molecule has 2 aliphatic rings. The van der Waals surface area contributed by atoms with Gasteiger partial charge in [0.1, 0.15) is 5.78 Å². The molecule has 0 saturated heterocycles. The first-order valence-electron chi connectivity index (χ1n) is 9.05. The quantitative estimate of drug-likeness (QED) is 0.392. The molecular weight excluding hydrogens is 348 g/mol. The molecule has 0 saturated carbocycles. The van der Waals surface area contributed by atoms with Crippen molar-refractivity contribution in [1.29, 1.82) is 0 Å². The molecule has 5 nitrogen and oxygen atoms in total. The summed E-state index contributed by atoms with van der Waals surface area (Å²) in [6, 6.07) is 16.4. The van der Waals surface area contributed by atoms with E-state index in [1.807, 2.05) is 48.6 Å². The zero-order chi connectivity index (χ0) is 19.5. The molecule has 0 atom stereocenters. The molecule has 0 spiro atoms. The van der Waals surface area contributed by atoms with E-state index in [1.54, 1.807) is 0 Å². The minimum atomic E-state index is 0.167. The number of H-pyrrole nitrogens is 2. The Bertz CT molecular complexity index is 1080. The van der Waals surface area contributed by atoms with Crippen molar-refractivity contribution in [2.75, 3.05) is 0 Å². The Morgan fingerprint density at radius 3 is 1.11 bits per heavy atom. The summed E-state index contributed by atoms with van der Waals surface area (Å²) < 4.78 is 0. The fourth-order valence-corrected chi connectivity index (χ4v) is 2.94. The summed E-state index contributed by atoms with van der Waals surface area (Å²) in [5.74, 6) is 0.167. The van der Waals surface area contributed by atoms with E-state index in [1.165, 1.54) is 13.8 Å². The van der Waals surface area contributed by atoms with Crippen LogP contribution in [-0.4, -0.2) is 25.7 Å². The van der Waals surface area contributed by atoms with Crippen LogP contribution in [0.15, 0.2) is 48.5 Å². The molecule has 5 heterocycles. The molecule has 0 aliphatic carbocycles. The smallest absolute Gasteiger partial charge is 0.126 e. The largest absolute Gasteiger partial charge is 0.355 e. The van der Waals surface area contributed by atoms with Gasteiger partial charge >= 0.3 is 0 Å². The molecule has 3 aromatic rings. The van der Waals surface area contributed by atoms with Crippen LogP contribution < -0.4 is 0 Å².